The molecule has 0 bridgehead atoms. The molecule has 0 aromatic heterocycles. The Morgan fingerprint density at radius 3 is 2.41 bits per heavy atom. The molecule has 1 heterocycles. The van der Waals surface area contributed by atoms with E-state index in [1.165, 1.54) is 35.3 Å². The van der Waals surface area contributed by atoms with Gasteiger partial charge in [-0.2, -0.15) is 0 Å². The first-order valence-corrected chi connectivity index (χ1v) is 9.06. The molecule has 0 amide bonds. The third-order valence-corrected chi connectivity index (χ3v) is 6.53. The van der Waals surface area contributed by atoms with Crippen LogP contribution in [-0.2, 0) is 0 Å². The number of ether oxygens (including phenoxy) is 1. The summed E-state index contributed by atoms with van der Waals surface area (Å²) in [5, 5.41) is 10.9. The molecule has 0 N–H and O–H groups in total. The van der Waals surface area contributed by atoms with E-state index in [4.69, 9.17) is 16.3 Å². The number of non-ortho nitro benzene ring substituents is 1. The molecule has 0 spiro atoms. The van der Waals surface area contributed by atoms with E-state index in [-0.39, 0.29) is 10.7 Å². The van der Waals surface area contributed by atoms with Crippen molar-refractivity contribution in [2.45, 2.75) is 4.58 Å². The lowest BCUT2D eigenvalue weighted by molar-refractivity contribution is -0.384. The second kappa shape index (κ2) is 6.81. The average molecular weight is 354 g/mol. The highest BCUT2D eigenvalue weighted by Crippen LogP contribution is 2.45. The molecule has 3 rings (SSSR count). The van der Waals surface area contributed by atoms with Gasteiger partial charge in [0.2, 0.25) is 0 Å². The van der Waals surface area contributed by atoms with Crippen LogP contribution in [0.1, 0.15) is 10.1 Å². The molecule has 0 unspecified atom stereocenters. The van der Waals surface area contributed by atoms with Gasteiger partial charge in [-0.05, 0) is 23.8 Å². The summed E-state index contributed by atoms with van der Waals surface area (Å²) in [5.74, 6) is 3.44. The van der Waals surface area contributed by atoms with Crippen LogP contribution < -0.4 is 4.74 Å². The number of rotatable bonds is 4. The molecule has 2 aromatic rings. The van der Waals surface area contributed by atoms with Crippen LogP contribution in [0.25, 0.3) is 0 Å². The first-order valence-electron chi connectivity index (χ1n) is 6.58. The van der Waals surface area contributed by atoms with Gasteiger partial charge in [-0.25, -0.2) is 0 Å². The summed E-state index contributed by atoms with van der Waals surface area (Å²) in [6, 6.07) is 12.1. The monoisotopic (exact) mass is 353 g/mol. The fourth-order valence-electron chi connectivity index (χ4n) is 2.06. The lowest BCUT2D eigenvalue weighted by Crippen LogP contribution is -1.90. The molecular weight excluding hydrogens is 342 g/mol. The molecule has 1 saturated heterocycles. The Morgan fingerprint density at radius 1 is 1.14 bits per heavy atom. The van der Waals surface area contributed by atoms with Crippen LogP contribution in [0.3, 0.4) is 0 Å². The van der Waals surface area contributed by atoms with Crippen LogP contribution in [-0.4, -0.2) is 16.4 Å². The molecule has 1 aliphatic heterocycles. The molecule has 7 heteroatoms. The Labute approximate surface area is 141 Å². The molecule has 4 nitrogen and oxygen atoms in total. The minimum absolute atomic E-state index is 0.0528. The standard InChI is InChI=1S/C15H12ClNO3S2/c16-13-9-11(17(18)19)3-6-14(13)20-12-4-1-10(2-5-12)15-21-7-8-22-15/h1-6,9,15H,7-8H2. The molecule has 0 saturated carbocycles. The Hall–Kier alpha value is -1.37. The van der Waals surface area contributed by atoms with Crippen LogP contribution >= 0.6 is 35.1 Å². The Balaban J connectivity index is 1.74. The number of halogens is 1. The third-order valence-electron chi connectivity index (χ3n) is 3.13. The molecule has 0 atom stereocenters. The summed E-state index contributed by atoms with van der Waals surface area (Å²) >= 11 is 9.92. The quantitative estimate of drug-likeness (QED) is 0.535. The molecule has 1 fully saturated rings. The summed E-state index contributed by atoms with van der Waals surface area (Å²) in [7, 11) is 0. The van der Waals surface area contributed by atoms with Gasteiger partial charge in [0.25, 0.3) is 5.69 Å². The Kier molecular flexibility index (Phi) is 4.81. The minimum atomic E-state index is -0.485. The maximum absolute atomic E-state index is 10.7. The van der Waals surface area contributed by atoms with Crippen molar-refractivity contribution in [3.63, 3.8) is 0 Å². The van der Waals surface area contributed by atoms with E-state index in [1.807, 2.05) is 47.8 Å². The van der Waals surface area contributed by atoms with E-state index in [0.29, 0.717) is 16.1 Å². The van der Waals surface area contributed by atoms with Crippen molar-refractivity contribution in [2.75, 3.05) is 11.5 Å². The molecule has 2 aromatic carbocycles. The normalized spacial score (nSPS) is 15.0. The van der Waals surface area contributed by atoms with Crippen molar-refractivity contribution in [2.24, 2.45) is 0 Å². The minimum Gasteiger partial charge on any atom is -0.456 e. The SMILES string of the molecule is O=[N+]([O-])c1ccc(Oc2ccc(C3SCCS3)cc2)c(Cl)c1. The smallest absolute Gasteiger partial charge is 0.271 e. The predicted octanol–water partition coefficient (Wildman–Crippen LogP) is 5.52. The third kappa shape index (κ3) is 3.51. The average Bonchev–Trinajstić information content (AvgIpc) is 3.04. The summed E-state index contributed by atoms with van der Waals surface area (Å²) < 4.78 is 6.19. The molecule has 22 heavy (non-hydrogen) atoms. The van der Waals surface area contributed by atoms with Gasteiger partial charge in [0, 0.05) is 23.6 Å². The number of benzene rings is 2. The maximum Gasteiger partial charge on any atom is 0.271 e. The van der Waals surface area contributed by atoms with Crippen LogP contribution in [0, 0.1) is 10.1 Å². The van der Waals surface area contributed by atoms with Crippen molar-refractivity contribution in [3.8, 4) is 11.5 Å². The van der Waals surface area contributed by atoms with Crippen molar-refractivity contribution in [1.29, 1.82) is 0 Å². The van der Waals surface area contributed by atoms with E-state index < -0.39 is 4.92 Å². The van der Waals surface area contributed by atoms with Crippen LogP contribution in [0.2, 0.25) is 5.02 Å². The van der Waals surface area contributed by atoms with Gasteiger partial charge >= 0.3 is 0 Å². The van der Waals surface area contributed by atoms with E-state index >= 15 is 0 Å². The van der Waals surface area contributed by atoms with Crippen molar-refractivity contribution >= 4 is 40.8 Å². The van der Waals surface area contributed by atoms with Gasteiger partial charge in [-0.1, -0.05) is 23.7 Å². The highest BCUT2D eigenvalue weighted by molar-refractivity contribution is 8.19. The van der Waals surface area contributed by atoms with Crippen LogP contribution in [0.5, 0.6) is 11.5 Å². The first kappa shape index (κ1) is 15.5. The molecule has 0 radical (unpaired) electrons. The Bertz CT molecular complexity index is 688. The van der Waals surface area contributed by atoms with Gasteiger partial charge in [0.15, 0.2) is 0 Å². The van der Waals surface area contributed by atoms with Gasteiger partial charge < -0.3 is 4.74 Å². The fraction of sp³-hybridized carbons (Fsp3) is 0.200. The van der Waals surface area contributed by atoms with Gasteiger partial charge in [0.1, 0.15) is 11.5 Å². The Morgan fingerprint density at radius 2 is 1.82 bits per heavy atom. The van der Waals surface area contributed by atoms with E-state index in [9.17, 15) is 10.1 Å². The summed E-state index contributed by atoms with van der Waals surface area (Å²) in [4.78, 5) is 10.2. The number of nitro groups is 1. The second-order valence-corrected chi connectivity index (χ2v) is 7.75. The van der Waals surface area contributed by atoms with Crippen molar-refractivity contribution < 1.29 is 9.66 Å². The molecule has 0 aliphatic carbocycles. The lowest BCUT2D eigenvalue weighted by Gasteiger charge is -2.11. The lowest BCUT2D eigenvalue weighted by atomic mass is 10.2. The number of hydrogen-bond donors (Lipinski definition) is 0. The van der Waals surface area contributed by atoms with Crippen molar-refractivity contribution in [3.05, 3.63) is 63.2 Å². The van der Waals surface area contributed by atoms with Crippen LogP contribution in [0.4, 0.5) is 5.69 Å². The van der Waals surface area contributed by atoms with Crippen LogP contribution in [0.15, 0.2) is 42.5 Å². The summed E-state index contributed by atoms with van der Waals surface area (Å²) in [6.45, 7) is 0. The molecule has 1 aliphatic rings. The maximum atomic E-state index is 10.7. The van der Waals surface area contributed by atoms with Gasteiger partial charge in [-0.15, -0.1) is 23.5 Å². The van der Waals surface area contributed by atoms with E-state index in [1.54, 1.807) is 0 Å². The predicted molar refractivity (Wildman–Crippen MR) is 92.3 cm³/mol. The zero-order valence-corrected chi connectivity index (χ0v) is 13.8. The topological polar surface area (TPSA) is 52.4 Å². The number of nitrogens with zero attached hydrogens (tertiary/aromatic N) is 1. The van der Waals surface area contributed by atoms with E-state index in [2.05, 4.69) is 0 Å². The molecular formula is C15H12ClNO3S2. The summed E-state index contributed by atoms with van der Waals surface area (Å²) in [6.07, 6.45) is 0. The fourth-order valence-corrected chi connectivity index (χ4v) is 5.13. The van der Waals surface area contributed by atoms with Gasteiger partial charge in [0.05, 0.1) is 14.5 Å². The zero-order valence-electron chi connectivity index (χ0n) is 11.4. The second-order valence-electron chi connectivity index (χ2n) is 4.62. The number of nitro benzene ring substituents is 1. The van der Waals surface area contributed by atoms with Gasteiger partial charge in [-0.3, -0.25) is 10.1 Å². The zero-order chi connectivity index (χ0) is 15.5. The van der Waals surface area contributed by atoms with E-state index in [0.717, 1.165) is 0 Å². The van der Waals surface area contributed by atoms with Crippen molar-refractivity contribution in [1.82, 2.24) is 0 Å². The highest BCUT2D eigenvalue weighted by Gasteiger charge is 2.18. The highest BCUT2D eigenvalue weighted by atomic mass is 35.5. The number of hydrogen-bond acceptors (Lipinski definition) is 5. The first-order chi connectivity index (χ1) is 10.6. The molecule has 114 valence electrons. The largest absolute Gasteiger partial charge is 0.456 e. The number of thioether (sulfide) groups is 2. The summed E-state index contributed by atoms with van der Waals surface area (Å²) in [5.41, 5.74) is 1.22.